The van der Waals surface area contributed by atoms with Crippen molar-refractivity contribution in [2.24, 2.45) is 0 Å². The van der Waals surface area contributed by atoms with Crippen molar-refractivity contribution in [1.82, 2.24) is 15.2 Å². The summed E-state index contributed by atoms with van der Waals surface area (Å²) in [6.07, 6.45) is 3.99. The number of rotatable bonds is 14. The third-order valence-electron chi connectivity index (χ3n) is 6.72. The molecule has 2 aromatic carbocycles. The monoisotopic (exact) mass is 661 g/mol. The number of unbranched alkanes of at least 4 members (excludes halogenated alkanes) is 3. The fourth-order valence-corrected chi connectivity index (χ4v) is 4.83. The van der Waals surface area contributed by atoms with Crippen LogP contribution in [0.3, 0.4) is 0 Å². The molecule has 0 unspecified atom stereocenters. The molecule has 14 heteroatoms. The Hall–Kier alpha value is -4.25. The molecule has 1 aromatic heterocycles. The van der Waals surface area contributed by atoms with Crippen LogP contribution in [0.25, 0.3) is 10.9 Å². The predicted molar refractivity (Wildman–Crippen MR) is 167 cm³/mol. The zero-order valence-electron chi connectivity index (χ0n) is 24.5. The van der Waals surface area contributed by atoms with Crippen molar-refractivity contribution in [2.45, 2.75) is 45.1 Å². The minimum Gasteiger partial charge on any atom is -0.452 e. The molecule has 0 saturated carbocycles. The molecule has 11 nitrogen and oxygen atoms in total. The summed E-state index contributed by atoms with van der Waals surface area (Å²) in [5.74, 6) is 2.70. The van der Waals surface area contributed by atoms with E-state index in [2.05, 4.69) is 22.1 Å². The Morgan fingerprint density at radius 3 is 2.47 bits per heavy atom. The van der Waals surface area contributed by atoms with Gasteiger partial charge in [0.05, 0.1) is 16.7 Å². The standard InChI is InChI=1S/C31H33ClFN3O8S/c1-36(14-16-45(41,42)43)27(37)8-4-2-3-5-9-28(38)44-15-6-7-22-17-24-29(26(33)18-22)34-20-25(30(24)39)31(40)35-19-21-10-12-23(32)13-11-21/h10-13,17-18,20H,2-5,8-9,14-16,19H2,1H3,(H,34,39)(H,35,40)(H,41,42,43). The minimum atomic E-state index is -4.13. The number of halogens is 2. The second-order valence-electron chi connectivity index (χ2n) is 10.2. The van der Waals surface area contributed by atoms with Gasteiger partial charge in [0, 0.05) is 49.8 Å². The Balaban J connectivity index is 1.44. The van der Waals surface area contributed by atoms with Crippen molar-refractivity contribution >= 4 is 50.4 Å². The lowest BCUT2D eigenvalue weighted by atomic mass is 10.1. The number of carbonyl (C=O) groups is 3. The Bertz CT molecular complexity index is 1770. The lowest BCUT2D eigenvalue weighted by Gasteiger charge is -2.16. The number of hydrogen-bond acceptors (Lipinski definition) is 7. The first-order valence-electron chi connectivity index (χ1n) is 14.1. The van der Waals surface area contributed by atoms with Crippen molar-refractivity contribution in [1.29, 1.82) is 0 Å². The number of carbonyl (C=O) groups excluding carboxylic acids is 3. The quantitative estimate of drug-likeness (QED) is 0.102. The number of fused-ring (bicyclic) bond motifs is 1. The third kappa shape index (κ3) is 11.6. The van der Waals surface area contributed by atoms with Crippen molar-refractivity contribution in [3.63, 3.8) is 0 Å². The van der Waals surface area contributed by atoms with E-state index in [-0.39, 0.29) is 60.5 Å². The molecular weight excluding hydrogens is 629 g/mol. The Kier molecular flexibility index (Phi) is 13.1. The molecule has 0 fully saturated rings. The van der Waals surface area contributed by atoms with Gasteiger partial charge in [-0.15, -0.1) is 0 Å². The molecule has 1 heterocycles. The summed E-state index contributed by atoms with van der Waals surface area (Å²) < 4.78 is 50.1. The molecule has 45 heavy (non-hydrogen) atoms. The highest BCUT2D eigenvalue weighted by Crippen LogP contribution is 2.16. The molecule has 0 aliphatic rings. The van der Waals surface area contributed by atoms with Crippen LogP contribution in [-0.4, -0.2) is 66.6 Å². The molecular formula is C31H33ClFN3O8S. The van der Waals surface area contributed by atoms with E-state index in [1.54, 1.807) is 24.3 Å². The first kappa shape index (κ1) is 35.2. The molecule has 0 saturated heterocycles. The number of pyridine rings is 1. The van der Waals surface area contributed by atoms with Gasteiger partial charge in [-0.1, -0.05) is 48.4 Å². The molecule has 3 aromatic rings. The van der Waals surface area contributed by atoms with Gasteiger partial charge in [-0.2, -0.15) is 8.42 Å². The van der Waals surface area contributed by atoms with Gasteiger partial charge in [0.1, 0.15) is 11.4 Å². The predicted octanol–water partition coefficient (Wildman–Crippen LogP) is 3.83. The molecule has 0 atom stereocenters. The highest BCUT2D eigenvalue weighted by atomic mass is 35.5. The lowest BCUT2D eigenvalue weighted by Crippen LogP contribution is -2.31. The van der Waals surface area contributed by atoms with E-state index in [1.165, 1.54) is 18.0 Å². The first-order valence-corrected chi connectivity index (χ1v) is 16.0. The number of H-pyrrole nitrogens is 1. The summed E-state index contributed by atoms with van der Waals surface area (Å²) in [5.41, 5.74) is 0.0174. The maximum absolute atomic E-state index is 14.7. The van der Waals surface area contributed by atoms with Gasteiger partial charge in [0.25, 0.3) is 16.0 Å². The van der Waals surface area contributed by atoms with E-state index in [9.17, 15) is 32.0 Å². The maximum Gasteiger partial charge on any atom is 0.306 e. The number of nitrogens with one attached hydrogen (secondary N) is 2. The van der Waals surface area contributed by atoms with E-state index >= 15 is 0 Å². The molecule has 0 aliphatic heterocycles. The molecule has 0 bridgehead atoms. The van der Waals surface area contributed by atoms with Crippen molar-refractivity contribution in [3.05, 3.63) is 80.3 Å². The summed E-state index contributed by atoms with van der Waals surface area (Å²) in [5, 5.41) is 3.15. The average Bonchev–Trinajstić information content (AvgIpc) is 2.99. The fourth-order valence-electron chi connectivity index (χ4n) is 4.20. The van der Waals surface area contributed by atoms with Crippen LogP contribution in [0.1, 0.15) is 60.0 Å². The van der Waals surface area contributed by atoms with Crippen LogP contribution in [0.2, 0.25) is 5.02 Å². The topological polar surface area (TPSA) is 163 Å². The van der Waals surface area contributed by atoms with E-state index in [0.29, 0.717) is 30.7 Å². The summed E-state index contributed by atoms with van der Waals surface area (Å²) in [4.78, 5) is 53.5. The molecule has 3 rings (SSSR count). The van der Waals surface area contributed by atoms with Crippen molar-refractivity contribution < 1.29 is 36.5 Å². The van der Waals surface area contributed by atoms with Gasteiger partial charge in [-0.3, -0.25) is 23.7 Å². The van der Waals surface area contributed by atoms with Gasteiger partial charge < -0.3 is 19.9 Å². The van der Waals surface area contributed by atoms with E-state index in [0.717, 1.165) is 17.8 Å². The second kappa shape index (κ2) is 16.7. The summed E-state index contributed by atoms with van der Waals surface area (Å²) in [6, 6.07) is 9.32. The van der Waals surface area contributed by atoms with E-state index < -0.39 is 39.0 Å². The van der Waals surface area contributed by atoms with Crippen molar-refractivity contribution in [3.8, 4) is 11.8 Å². The zero-order chi connectivity index (χ0) is 33.0. The Labute approximate surface area is 264 Å². The molecule has 0 radical (unpaired) electrons. The summed E-state index contributed by atoms with van der Waals surface area (Å²) in [7, 11) is -2.67. The number of ether oxygens (including phenoxy) is 1. The van der Waals surface area contributed by atoms with E-state index in [1.807, 2.05) is 0 Å². The number of amides is 2. The highest BCUT2D eigenvalue weighted by Gasteiger charge is 2.16. The molecule has 0 spiro atoms. The SMILES string of the molecule is CN(CCS(=O)(=O)O)C(=O)CCCCCCC(=O)OCC#Cc1cc(F)c2[nH]cc(C(=O)NCc3ccc(Cl)cc3)c(=O)c2c1. The first-order chi connectivity index (χ1) is 21.3. The van der Waals surface area contributed by atoms with Crippen LogP contribution >= 0.6 is 11.6 Å². The van der Waals surface area contributed by atoms with Gasteiger partial charge in [0.2, 0.25) is 11.3 Å². The number of hydrogen-bond donors (Lipinski definition) is 3. The third-order valence-corrected chi connectivity index (χ3v) is 7.67. The number of benzene rings is 2. The molecule has 0 aliphatic carbocycles. The number of nitrogens with zero attached hydrogens (tertiary/aromatic N) is 1. The second-order valence-corrected chi connectivity index (χ2v) is 12.2. The number of aromatic nitrogens is 1. The maximum atomic E-state index is 14.7. The molecule has 240 valence electrons. The van der Waals surface area contributed by atoms with Crippen LogP contribution in [0.5, 0.6) is 0 Å². The van der Waals surface area contributed by atoms with Crippen LogP contribution < -0.4 is 10.7 Å². The van der Waals surface area contributed by atoms with Crippen LogP contribution in [-0.2, 0) is 31.0 Å². The van der Waals surface area contributed by atoms with Crippen molar-refractivity contribution in [2.75, 3.05) is 26.0 Å². The highest BCUT2D eigenvalue weighted by molar-refractivity contribution is 7.85. The van der Waals surface area contributed by atoms with Gasteiger partial charge in [0.15, 0.2) is 6.61 Å². The van der Waals surface area contributed by atoms with Gasteiger partial charge >= 0.3 is 5.97 Å². The Morgan fingerprint density at radius 1 is 1.09 bits per heavy atom. The fraction of sp³-hybridized carbons (Fsp3) is 0.355. The zero-order valence-corrected chi connectivity index (χ0v) is 26.1. The minimum absolute atomic E-state index is 0.0538. The summed E-state index contributed by atoms with van der Waals surface area (Å²) in [6.45, 7) is -0.173. The molecule has 3 N–H and O–H groups in total. The van der Waals surface area contributed by atoms with Crippen LogP contribution in [0.15, 0.2) is 47.4 Å². The lowest BCUT2D eigenvalue weighted by molar-refractivity contribution is -0.142. The van der Waals surface area contributed by atoms with Crippen LogP contribution in [0, 0.1) is 17.7 Å². The van der Waals surface area contributed by atoms with E-state index in [4.69, 9.17) is 20.9 Å². The normalized spacial score (nSPS) is 11.0. The number of aromatic amines is 1. The smallest absolute Gasteiger partial charge is 0.306 e. The van der Waals surface area contributed by atoms with Gasteiger partial charge in [-0.05, 0) is 42.7 Å². The molecule has 2 amide bonds. The van der Waals surface area contributed by atoms with Crippen LogP contribution in [0.4, 0.5) is 4.39 Å². The largest absolute Gasteiger partial charge is 0.452 e. The summed E-state index contributed by atoms with van der Waals surface area (Å²) >= 11 is 5.87. The van der Waals surface area contributed by atoms with Gasteiger partial charge in [-0.25, -0.2) is 4.39 Å². The number of esters is 1. The Morgan fingerprint density at radius 2 is 1.78 bits per heavy atom. The average molecular weight is 662 g/mol.